The van der Waals surface area contributed by atoms with Crippen LogP contribution in [0.5, 0.6) is 0 Å². The Morgan fingerprint density at radius 2 is 1.88 bits per heavy atom. The van der Waals surface area contributed by atoms with Crippen molar-refractivity contribution in [2.45, 2.75) is 89.7 Å². The molecule has 0 amide bonds. The monoisotopic (exact) mass is 588 g/mol. The minimum atomic E-state index is -0.928. The Morgan fingerprint density at radius 3 is 2.56 bits per heavy atom. The van der Waals surface area contributed by atoms with Crippen LogP contribution in [0.15, 0.2) is 36.5 Å². The lowest BCUT2D eigenvalue weighted by Crippen LogP contribution is -2.26. The van der Waals surface area contributed by atoms with Gasteiger partial charge in [0.05, 0.1) is 35.8 Å². The van der Waals surface area contributed by atoms with E-state index in [1.54, 1.807) is 6.07 Å². The van der Waals surface area contributed by atoms with Gasteiger partial charge in [-0.1, -0.05) is 13.8 Å². The number of hydrogen-bond donors (Lipinski definition) is 0. The third kappa shape index (κ3) is 5.31. The number of hydrogen-bond acceptors (Lipinski definition) is 5. The Labute approximate surface area is 250 Å². The third-order valence-corrected chi connectivity index (χ3v) is 9.23. The van der Waals surface area contributed by atoms with Crippen LogP contribution in [0, 0.1) is 28.9 Å². The average Bonchev–Trinajstić information content (AvgIpc) is 3.57. The molecule has 1 unspecified atom stereocenters. The van der Waals surface area contributed by atoms with Gasteiger partial charge in [0.25, 0.3) is 0 Å². The molecule has 4 aromatic rings. The Morgan fingerprint density at radius 1 is 1.09 bits per heavy atom. The zero-order chi connectivity index (χ0) is 30.3. The van der Waals surface area contributed by atoms with Gasteiger partial charge in [0.1, 0.15) is 0 Å². The molecular formula is C34H38F2N4O3. The molecule has 3 heterocycles. The van der Waals surface area contributed by atoms with Crippen LogP contribution in [0.25, 0.3) is 27.5 Å². The van der Waals surface area contributed by atoms with E-state index in [1.807, 2.05) is 36.2 Å². The van der Waals surface area contributed by atoms with Crippen LogP contribution in [0.3, 0.4) is 0 Å². The normalized spacial score (nSPS) is 21.3. The summed E-state index contributed by atoms with van der Waals surface area (Å²) in [5, 5.41) is 16.5. The molecule has 0 N–H and O–H groups in total. The molecule has 1 aliphatic carbocycles. The Hall–Kier alpha value is -3.77. The number of aromatic nitrogens is 3. The highest BCUT2D eigenvalue weighted by atomic mass is 19.2. The van der Waals surface area contributed by atoms with Crippen molar-refractivity contribution in [3.8, 4) is 11.8 Å². The van der Waals surface area contributed by atoms with Crippen LogP contribution < -0.4 is 0 Å². The fourth-order valence-electron chi connectivity index (χ4n) is 7.13. The zero-order valence-corrected chi connectivity index (χ0v) is 25.0. The van der Waals surface area contributed by atoms with Gasteiger partial charge in [-0.3, -0.25) is 4.79 Å². The molecule has 2 aliphatic rings. The van der Waals surface area contributed by atoms with Gasteiger partial charge in [0.15, 0.2) is 17.9 Å². The number of fused-ring (bicyclic) bond motifs is 2. The largest absolute Gasteiger partial charge is 0.466 e. The molecule has 1 saturated heterocycles. The zero-order valence-electron chi connectivity index (χ0n) is 25.0. The number of ether oxygens (including phenoxy) is 2. The molecule has 226 valence electrons. The minimum absolute atomic E-state index is 0.104. The molecule has 0 radical (unpaired) electrons. The van der Waals surface area contributed by atoms with Crippen molar-refractivity contribution in [2.24, 2.45) is 5.92 Å². The van der Waals surface area contributed by atoms with Crippen molar-refractivity contribution in [3.05, 3.63) is 59.4 Å². The van der Waals surface area contributed by atoms with Gasteiger partial charge >= 0.3 is 5.97 Å². The van der Waals surface area contributed by atoms with E-state index in [1.165, 1.54) is 6.07 Å². The standard InChI is InChI=1S/C34H38F2N4O3/c1-4-42-33(41)22-10-8-21(9-11-22)31-25-19-28-23(20-38-40(28)30-7-5-6-16-43-30)17-29(25)39(32(31)34(2,3)14-15-37)24-12-13-26(35)27(36)18-24/h12-13,17-22,30H,4-11,14,16H2,1-3H3/t21-,22-,30?. The highest BCUT2D eigenvalue weighted by Gasteiger charge is 2.37. The van der Waals surface area contributed by atoms with E-state index >= 15 is 0 Å². The molecule has 2 aromatic heterocycles. The molecule has 6 rings (SSSR count). The van der Waals surface area contributed by atoms with Gasteiger partial charge in [-0.05, 0) is 87.6 Å². The first-order chi connectivity index (χ1) is 20.7. The molecule has 2 aromatic carbocycles. The van der Waals surface area contributed by atoms with Crippen molar-refractivity contribution >= 4 is 27.8 Å². The van der Waals surface area contributed by atoms with Crippen LogP contribution in [-0.4, -0.2) is 33.5 Å². The first-order valence-electron chi connectivity index (χ1n) is 15.4. The Kier molecular flexibility index (Phi) is 7.99. The van der Waals surface area contributed by atoms with Crippen molar-refractivity contribution in [1.29, 1.82) is 5.26 Å². The molecule has 0 spiro atoms. The minimum Gasteiger partial charge on any atom is -0.466 e. The lowest BCUT2D eigenvalue weighted by Gasteiger charge is -2.32. The van der Waals surface area contributed by atoms with E-state index in [0.29, 0.717) is 31.7 Å². The van der Waals surface area contributed by atoms with Gasteiger partial charge in [0, 0.05) is 46.7 Å². The fourth-order valence-corrected chi connectivity index (χ4v) is 7.13. The number of carbonyl (C=O) groups excluding carboxylic acids is 1. The summed E-state index contributed by atoms with van der Waals surface area (Å²) in [7, 11) is 0. The molecule has 1 aliphatic heterocycles. The van der Waals surface area contributed by atoms with Crippen LogP contribution in [0.1, 0.15) is 95.5 Å². The second kappa shape index (κ2) is 11.7. The summed E-state index contributed by atoms with van der Waals surface area (Å²) in [5.41, 5.74) is 3.70. The Bertz CT molecular complexity index is 1700. The van der Waals surface area contributed by atoms with Crippen LogP contribution in [-0.2, 0) is 19.7 Å². The number of nitriles is 1. The highest BCUT2D eigenvalue weighted by Crippen LogP contribution is 2.48. The molecule has 1 atom stereocenters. The summed E-state index contributed by atoms with van der Waals surface area (Å²) in [6, 6.07) is 10.6. The van der Waals surface area contributed by atoms with Gasteiger partial charge in [-0.25, -0.2) is 13.5 Å². The second-order valence-electron chi connectivity index (χ2n) is 12.6. The average molecular weight is 589 g/mol. The summed E-state index contributed by atoms with van der Waals surface area (Å²) in [4.78, 5) is 12.6. The van der Waals surface area contributed by atoms with Gasteiger partial charge in [0.2, 0.25) is 0 Å². The molecule has 2 fully saturated rings. The van der Waals surface area contributed by atoms with E-state index < -0.39 is 17.0 Å². The smallest absolute Gasteiger partial charge is 0.308 e. The number of halogens is 2. The van der Waals surface area contributed by atoms with Crippen LogP contribution >= 0.6 is 0 Å². The summed E-state index contributed by atoms with van der Waals surface area (Å²) >= 11 is 0. The molecule has 9 heteroatoms. The van der Waals surface area contributed by atoms with Crippen molar-refractivity contribution in [2.75, 3.05) is 13.2 Å². The topological polar surface area (TPSA) is 82.1 Å². The van der Waals surface area contributed by atoms with Crippen LogP contribution in [0.4, 0.5) is 8.78 Å². The van der Waals surface area contributed by atoms with Gasteiger partial charge < -0.3 is 14.0 Å². The first-order valence-corrected chi connectivity index (χ1v) is 15.4. The van der Waals surface area contributed by atoms with E-state index in [-0.39, 0.29) is 30.5 Å². The van der Waals surface area contributed by atoms with Crippen LogP contribution in [0.2, 0.25) is 0 Å². The van der Waals surface area contributed by atoms with E-state index in [9.17, 15) is 18.8 Å². The maximum absolute atomic E-state index is 14.7. The van der Waals surface area contributed by atoms with Crippen molar-refractivity contribution in [1.82, 2.24) is 14.3 Å². The fraction of sp³-hybridized carbons (Fsp3) is 0.500. The second-order valence-corrected chi connectivity index (χ2v) is 12.6. The molecule has 0 bridgehead atoms. The van der Waals surface area contributed by atoms with Crippen molar-refractivity contribution < 1.29 is 23.0 Å². The van der Waals surface area contributed by atoms with E-state index in [4.69, 9.17) is 14.6 Å². The number of esters is 1. The molecule has 1 saturated carbocycles. The van der Waals surface area contributed by atoms with E-state index in [2.05, 4.69) is 18.2 Å². The maximum Gasteiger partial charge on any atom is 0.308 e. The summed E-state index contributed by atoms with van der Waals surface area (Å²) in [5.74, 6) is -2.02. The predicted molar refractivity (Wildman–Crippen MR) is 160 cm³/mol. The number of nitrogens with zero attached hydrogens (tertiary/aromatic N) is 4. The summed E-state index contributed by atoms with van der Waals surface area (Å²) < 4.78 is 44.3. The molecular weight excluding hydrogens is 550 g/mol. The highest BCUT2D eigenvalue weighted by molar-refractivity contribution is 5.99. The third-order valence-electron chi connectivity index (χ3n) is 9.23. The quantitative estimate of drug-likeness (QED) is 0.204. The lowest BCUT2D eigenvalue weighted by atomic mass is 9.74. The Balaban J connectivity index is 1.60. The van der Waals surface area contributed by atoms with Crippen molar-refractivity contribution in [3.63, 3.8) is 0 Å². The number of rotatable bonds is 7. The molecule has 43 heavy (non-hydrogen) atoms. The molecule has 7 nitrogen and oxygen atoms in total. The van der Waals surface area contributed by atoms with Gasteiger partial charge in [-0.2, -0.15) is 10.4 Å². The lowest BCUT2D eigenvalue weighted by molar-refractivity contribution is -0.149. The maximum atomic E-state index is 14.7. The first kappa shape index (κ1) is 29.3. The summed E-state index contributed by atoms with van der Waals surface area (Å²) in [6.45, 7) is 6.95. The van der Waals surface area contributed by atoms with E-state index in [0.717, 1.165) is 71.2 Å². The number of benzene rings is 2. The number of carbonyl (C=O) groups is 1. The predicted octanol–water partition coefficient (Wildman–Crippen LogP) is 7.99. The SMILES string of the molecule is CCOC(=O)[C@H]1CC[C@H](c2c(C(C)(C)CC#N)n(-c3ccc(F)c(F)c3)c3cc4cnn(C5CCCCO5)c4cc32)CC1. The summed E-state index contributed by atoms with van der Waals surface area (Å²) in [6.07, 6.45) is 7.88. The van der Waals surface area contributed by atoms with Gasteiger partial charge in [-0.15, -0.1) is 0 Å².